The van der Waals surface area contributed by atoms with Gasteiger partial charge in [0.15, 0.2) is 6.61 Å². The van der Waals surface area contributed by atoms with Crippen LogP contribution < -0.4 is 9.64 Å². The number of nitrogens with zero attached hydrogens (tertiary/aromatic N) is 3. The number of carbonyl (C=O) groups excluding carboxylic acids is 2. The van der Waals surface area contributed by atoms with Crippen LogP contribution in [0.1, 0.15) is 33.1 Å². The smallest absolute Gasteiger partial charge is 0.265 e. The van der Waals surface area contributed by atoms with Crippen LogP contribution in [0.2, 0.25) is 0 Å². The highest BCUT2D eigenvalue weighted by Gasteiger charge is 2.29. The van der Waals surface area contributed by atoms with Crippen molar-refractivity contribution in [3.05, 3.63) is 24.3 Å². The van der Waals surface area contributed by atoms with Gasteiger partial charge >= 0.3 is 0 Å². The lowest BCUT2D eigenvalue weighted by atomic mass is 9.95. The van der Waals surface area contributed by atoms with E-state index in [2.05, 4.69) is 18.7 Å². The van der Waals surface area contributed by atoms with Gasteiger partial charge in [0.05, 0.1) is 17.9 Å². The summed E-state index contributed by atoms with van der Waals surface area (Å²) in [6.07, 6.45) is 3.03. The van der Waals surface area contributed by atoms with Crippen molar-refractivity contribution < 1.29 is 19.1 Å². The molecule has 30 heavy (non-hydrogen) atoms. The van der Waals surface area contributed by atoms with E-state index in [1.54, 1.807) is 4.90 Å². The molecule has 2 amide bonds. The minimum atomic E-state index is -0.0887. The molecule has 2 fully saturated rings. The molecule has 0 N–H and O–H groups in total. The van der Waals surface area contributed by atoms with Crippen LogP contribution in [0, 0.1) is 5.92 Å². The van der Waals surface area contributed by atoms with Crippen molar-refractivity contribution in [2.75, 3.05) is 50.8 Å². The quantitative estimate of drug-likeness (QED) is 0.738. The first-order chi connectivity index (χ1) is 14.5. The van der Waals surface area contributed by atoms with Gasteiger partial charge in [-0.15, -0.1) is 0 Å². The molecule has 1 aromatic rings. The lowest BCUT2D eigenvalue weighted by Gasteiger charge is -2.39. The summed E-state index contributed by atoms with van der Waals surface area (Å²) in [6.45, 7) is 9.44. The van der Waals surface area contributed by atoms with Gasteiger partial charge in [-0.25, -0.2) is 0 Å². The van der Waals surface area contributed by atoms with E-state index < -0.39 is 0 Å². The molecule has 0 aromatic heterocycles. The van der Waals surface area contributed by atoms with E-state index in [-0.39, 0.29) is 18.4 Å². The number of para-hydroxylation sites is 2. The Labute approximate surface area is 178 Å². The molecule has 2 saturated heterocycles. The fourth-order valence-electron chi connectivity index (χ4n) is 4.93. The maximum atomic E-state index is 12.8. The summed E-state index contributed by atoms with van der Waals surface area (Å²) >= 11 is 0. The van der Waals surface area contributed by atoms with Crippen LogP contribution >= 0.6 is 0 Å². The summed E-state index contributed by atoms with van der Waals surface area (Å²) in [5.41, 5.74) is 0.759. The molecule has 164 valence electrons. The lowest BCUT2D eigenvalue weighted by molar-refractivity contribution is -0.132. The predicted octanol–water partition coefficient (Wildman–Crippen LogP) is 2.15. The van der Waals surface area contributed by atoms with Gasteiger partial charge in [0.1, 0.15) is 5.75 Å². The summed E-state index contributed by atoms with van der Waals surface area (Å²) < 4.78 is 11.3. The van der Waals surface area contributed by atoms with Gasteiger partial charge in [-0.3, -0.25) is 14.5 Å². The number of piperidine rings is 1. The van der Waals surface area contributed by atoms with Gasteiger partial charge in [0.2, 0.25) is 5.91 Å². The standard InChI is InChI=1S/C23H33N3O4/c1-17-13-24(14-18(2)30-17)15-19-7-10-25(11-8-19)22(27)9-12-26-20-5-3-4-6-21(20)29-16-23(26)28/h3-6,17-19H,7-16H2,1-2H3. The minimum Gasteiger partial charge on any atom is -0.482 e. The first-order valence-electron chi connectivity index (χ1n) is 11.2. The largest absolute Gasteiger partial charge is 0.482 e. The molecule has 3 heterocycles. The van der Waals surface area contributed by atoms with E-state index in [0.29, 0.717) is 36.8 Å². The third-order valence-corrected chi connectivity index (χ3v) is 6.34. The number of rotatable bonds is 5. The van der Waals surface area contributed by atoms with Crippen LogP contribution in [-0.2, 0) is 14.3 Å². The highest BCUT2D eigenvalue weighted by molar-refractivity contribution is 5.98. The lowest BCUT2D eigenvalue weighted by Crippen LogP contribution is -2.49. The predicted molar refractivity (Wildman–Crippen MR) is 115 cm³/mol. The van der Waals surface area contributed by atoms with E-state index in [4.69, 9.17) is 9.47 Å². The normalized spacial score (nSPS) is 25.7. The Morgan fingerprint density at radius 2 is 1.80 bits per heavy atom. The van der Waals surface area contributed by atoms with Crippen molar-refractivity contribution in [2.45, 2.75) is 45.3 Å². The Morgan fingerprint density at radius 1 is 1.10 bits per heavy atom. The van der Waals surface area contributed by atoms with Crippen LogP contribution in [0.3, 0.4) is 0 Å². The van der Waals surface area contributed by atoms with Crippen LogP contribution in [0.25, 0.3) is 0 Å². The molecule has 2 unspecified atom stereocenters. The number of anilines is 1. The fraction of sp³-hybridized carbons (Fsp3) is 0.652. The van der Waals surface area contributed by atoms with Crippen molar-refractivity contribution in [1.29, 1.82) is 0 Å². The zero-order valence-corrected chi connectivity index (χ0v) is 18.1. The van der Waals surface area contributed by atoms with E-state index in [1.807, 2.05) is 29.2 Å². The second-order valence-corrected chi connectivity index (χ2v) is 8.85. The number of hydrogen-bond acceptors (Lipinski definition) is 5. The average molecular weight is 416 g/mol. The molecule has 1 aromatic carbocycles. The number of hydrogen-bond donors (Lipinski definition) is 0. The first kappa shape index (κ1) is 21.1. The molecule has 3 aliphatic rings. The van der Waals surface area contributed by atoms with Crippen molar-refractivity contribution in [1.82, 2.24) is 9.80 Å². The van der Waals surface area contributed by atoms with E-state index in [9.17, 15) is 9.59 Å². The third-order valence-electron chi connectivity index (χ3n) is 6.34. The molecule has 0 spiro atoms. The number of ether oxygens (including phenoxy) is 2. The van der Waals surface area contributed by atoms with Gasteiger partial charge in [0, 0.05) is 45.7 Å². The van der Waals surface area contributed by atoms with Gasteiger partial charge < -0.3 is 19.3 Å². The second kappa shape index (κ2) is 9.35. The number of morpholine rings is 1. The Balaban J connectivity index is 1.24. The molecule has 2 atom stereocenters. The van der Waals surface area contributed by atoms with Crippen molar-refractivity contribution in [3.63, 3.8) is 0 Å². The highest BCUT2D eigenvalue weighted by Crippen LogP contribution is 2.31. The van der Waals surface area contributed by atoms with Gasteiger partial charge in [-0.05, 0) is 44.7 Å². The van der Waals surface area contributed by atoms with Crippen molar-refractivity contribution in [2.24, 2.45) is 5.92 Å². The summed E-state index contributed by atoms with van der Waals surface area (Å²) in [5.74, 6) is 1.39. The van der Waals surface area contributed by atoms with Gasteiger partial charge in [0.25, 0.3) is 5.91 Å². The molecule has 0 bridgehead atoms. The summed E-state index contributed by atoms with van der Waals surface area (Å²) in [4.78, 5) is 31.2. The molecular formula is C23H33N3O4. The monoisotopic (exact) mass is 415 g/mol. The summed E-state index contributed by atoms with van der Waals surface area (Å²) in [6, 6.07) is 7.50. The maximum absolute atomic E-state index is 12.8. The van der Waals surface area contributed by atoms with E-state index in [0.717, 1.165) is 51.3 Å². The second-order valence-electron chi connectivity index (χ2n) is 8.85. The Kier molecular flexibility index (Phi) is 6.58. The zero-order chi connectivity index (χ0) is 21.1. The minimum absolute atomic E-state index is 0.0371. The maximum Gasteiger partial charge on any atom is 0.265 e. The Bertz CT molecular complexity index is 753. The van der Waals surface area contributed by atoms with Crippen LogP contribution in [-0.4, -0.2) is 79.7 Å². The number of carbonyl (C=O) groups is 2. The molecule has 3 aliphatic heterocycles. The molecule has 0 saturated carbocycles. The molecule has 0 radical (unpaired) electrons. The fourth-order valence-corrected chi connectivity index (χ4v) is 4.93. The van der Waals surface area contributed by atoms with Crippen molar-refractivity contribution in [3.8, 4) is 5.75 Å². The van der Waals surface area contributed by atoms with Crippen LogP contribution in [0.4, 0.5) is 5.69 Å². The summed E-state index contributed by atoms with van der Waals surface area (Å²) in [7, 11) is 0. The van der Waals surface area contributed by atoms with Crippen LogP contribution in [0.5, 0.6) is 5.75 Å². The Morgan fingerprint density at radius 3 is 2.53 bits per heavy atom. The van der Waals surface area contributed by atoms with Gasteiger partial charge in [-0.1, -0.05) is 12.1 Å². The number of likely N-dealkylation sites (tertiary alicyclic amines) is 1. The average Bonchev–Trinajstić information content (AvgIpc) is 2.72. The first-order valence-corrected chi connectivity index (χ1v) is 11.2. The molecule has 0 aliphatic carbocycles. The molecular weight excluding hydrogens is 382 g/mol. The third kappa shape index (κ3) is 4.95. The SMILES string of the molecule is CC1CN(CC2CCN(C(=O)CCN3C(=O)COc4ccccc43)CC2)CC(C)O1. The number of fused-ring (bicyclic) bond motifs is 1. The zero-order valence-electron chi connectivity index (χ0n) is 18.1. The van der Waals surface area contributed by atoms with Crippen molar-refractivity contribution >= 4 is 17.5 Å². The van der Waals surface area contributed by atoms with E-state index >= 15 is 0 Å². The number of amides is 2. The topological polar surface area (TPSA) is 62.3 Å². The molecule has 7 heteroatoms. The molecule has 4 rings (SSSR count). The van der Waals surface area contributed by atoms with Gasteiger partial charge in [-0.2, -0.15) is 0 Å². The summed E-state index contributed by atoms with van der Waals surface area (Å²) in [5, 5.41) is 0. The molecule has 7 nitrogen and oxygen atoms in total. The highest BCUT2D eigenvalue weighted by atomic mass is 16.5. The number of benzene rings is 1. The van der Waals surface area contributed by atoms with E-state index in [1.165, 1.54) is 0 Å². The Hall–Kier alpha value is -2.12. The van der Waals surface area contributed by atoms with Crippen LogP contribution in [0.15, 0.2) is 24.3 Å².